The van der Waals surface area contributed by atoms with Gasteiger partial charge in [-0.3, -0.25) is 0 Å². The highest BCUT2D eigenvalue weighted by atomic mass is 35.5. The molecule has 80 valence electrons. The van der Waals surface area contributed by atoms with Crippen LogP contribution in [0.2, 0.25) is 10.0 Å². The summed E-state index contributed by atoms with van der Waals surface area (Å²) in [5.41, 5.74) is 0. The third-order valence-corrected chi connectivity index (χ3v) is 3.91. The number of rotatable bonds is 3. The van der Waals surface area contributed by atoms with Crippen LogP contribution in [0.3, 0.4) is 0 Å². The number of terminal acetylenes is 1. The van der Waals surface area contributed by atoms with Crippen molar-refractivity contribution in [2.45, 2.75) is 4.90 Å². The van der Waals surface area contributed by atoms with Crippen molar-refractivity contribution in [2.24, 2.45) is 0 Å². The van der Waals surface area contributed by atoms with Gasteiger partial charge in [0.05, 0.1) is 16.6 Å². The summed E-state index contributed by atoms with van der Waals surface area (Å²) in [7, 11) is -3.74. The molecule has 0 radical (unpaired) electrons. The highest BCUT2D eigenvalue weighted by molar-refractivity contribution is 7.89. The van der Waals surface area contributed by atoms with Crippen molar-refractivity contribution >= 4 is 33.2 Å². The summed E-state index contributed by atoms with van der Waals surface area (Å²) in [6, 6.07) is 4.45. The number of hydrogen-bond acceptors (Lipinski definition) is 2. The fourth-order valence-electron chi connectivity index (χ4n) is 0.948. The molecule has 0 fully saturated rings. The lowest BCUT2D eigenvalue weighted by atomic mass is 10.4. The van der Waals surface area contributed by atoms with Gasteiger partial charge >= 0.3 is 0 Å². The zero-order valence-electron chi connectivity index (χ0n) is 7.50. The number of sulfonamides is 1. The average molecular weight is 264 g/mol. The Kier molecular flexibility index (Phi) is 4.00. The Morgan fingerprint density at radius 2 is 1.87 bits per heavy atom. The van der Waals surface area contributed by atoms with Gasteiger partial charge < -0.3 is 0 Å². The number of hydrogen-bond donors (Lipinski definition) is 1. The molecule has 0 atom stereocenters. The van der Waals surface area contributed by atoms with E-state index in [-0.39, 0.29) is 21.5 Å². The van der Waals surface area contributed by atoms with Gasteiger partial charge in [-0.1, -0.05) is 35.2 Å². The standard InChI is InChI=1S/C9H7Cl2NO2S/c1-2-6-12-15(13,14)9-7(10)4-3-5-8(9)11/h1,3-5,12H,6H2. The highest BCUT2D eigenvalue weighted by Crippen LogP contribution is 2.28. The maximum atomic E-state index is 11.7. The minimum Gasteiger partial charge on any atom is -0.207 e. The molecule has 6 heteroatoms. The molecule has 0 heterocycles. The molecule has 0 aliphatic carbocycles. The van der Waals surface area contributed by atoms with Crippen molar-refractivity contribution in [2.75, 3.05) is 6.54 Å². The number of nitrogens with one attached hydrogen (secondary N) is 1. The van der Waals surface area contributed by atoms with E-state index < -0.39 is 10.0 Å². The van der Waals surface area contributed by atoms with Gasteiger partial charge in [0, 0.05) is 0 Å². The fraction of sp³-hybridized carbons (Fsp3) is 0.111. The van der Waals surface area contributed by atoms with Crippen LogP contribution in [0.5, 0.6) is 0 Å². The molecular weight excluding hydrogens is 257 g/mol. The van der Waals surface area contributed by atoms with E-state index in [1.807, 2.05) is 0 Å². The summed E-state index contributed by atoms with van der Waals surface area (Å²) in [6.45, 7) is -0.107. The van der Waals surface area contributed by atoms with E-state index in [0.29, 0.717) is 0 Å². The number of benzene rings is 1. The largest absolute Gasteiger partial charge is 0.244 e. The molecule has 0 bridgehead atoms. The molecule has 1 rings (SSSR count). The Morgan fingerprint density at radius 1 is 1.33 bits per heavy atom. The first-order chi connectivity index (χ1) is 6.99. The van der Waals surface area contributed by atoms with E-state index in [4.69, 9.17) is 29.6 Å². The summed E-state index contributed by atoms with van der Waals surface area (Å²) in [5, 5.41) is 0.124. The molecule has 1 N–H and O–H groups in total. The zero-order chi connectivity index (χ0) is 11.5. The van der Waals surface area contributed by atoms with Crippen LogP contribution in [0.25, 0.3) is 0 Å². The molecule has 0 aliphatic rings. The van der Waals surface area contributed by atoms with Crippen LogP contribution in [0.15, 0.2) is 23.1 Å². The Bertz CT molecular complexity index is 485. The molecule has 0 aromatic heterocycles. The van der Waals surface area contributed by atoms with Crippen molar-refractivity contribution in [3.8, 4) is 12.3 Å². The predicted octanol–water partition coefficient (Wildman–Crippen LogP) is 1.90. The minimum atomic E-state index is -3.74. The van der Waals surface area contributed by atoms with Gasteiger partial charge in [-0.2, -0.15) is 4.72 Å². The van der Waals surface area contributed by atoms with Crippen LogP contribution >= 0.6 is 23.2 Å². The minimum absolute atomic E-state index is 0.0621. The normalized spacial score (nSPS) is 11.0. The van der Waals surface area contributed by atoms with E-state index in [1.54, 1.807) is 6.07 Å². The molecule has 0 unspecified atom stereocenters. The monoisotopic (exact) mass is 263 g/mol. The Balaban J connectivity index is 3.22. The first-order valence-corrected chi connectivity index (χ1v) is 6.10. The van der Waals surface area contributed by atoms with E-state index in [9.17, 15) is 8.42 Å². The van der Waals surface area contributed by atoms with E-state index >= 15 is 0 Å². The van der Waals surface area contributed by atoms with Crippen LogP contribution < -0.4 is 4.72 Å². The topological polar surface area (TPSA) is 46.2 Å². The Morgan fingerprint density at radius 3 is 2.33 bits per heavy atom. The van der Waals surface area contributed by atoms with Crippen molar-refractivity contribution in [1.29, 1.82) is 0 Å². The van der Waals surface area contributed by atoms with E-state index in [0.717, 1.165) is 0 Å². The molecule has 0 saturated heterocycles. The lowest BCUT2D eigenvalue weighted by molar-refractivity contribution is 0.586. The van der Waals surface area contributed by atoms with Gasteiger partial charge in [-0.15, -0.1) is 6.42 Å². The van der Waals surface area contributed by atoms with Gasteiger partial charge in [0.2, 0.25) is 10.0 Å². The van der Waals surface area contributed by atoms with Crippen LogP contribution in [0.1, 0.15) is 0 Å². The third-order valence-electron chi connectivity index (χ3n) is 1.55. The summed E-state index contributed by atoms with van der Waals surface area (Å²) < 4.78 is 25.5. The van der Waals surface area contributed by atoms with E-state index in [1.165, 1.54) is 12.1 Å². The second-order valence-electron chi connectivity index (χ2n) is 2.58. The van der Waals surface area contributed by atoms with Crippen molar-refractivity contribution in [3.63, 3.8) is 0 Å². The van der Waals surface area contributed by atoms with Gasteiger partial charge in [0.15, 0.2) is 0 Å². The van der Waals surface area contributed by atoms with Crippen LogP contribution in [-0.2, 0) is 10.0 Å². The predicted molar refractivity (Wildman–Crippen MR) is 60.5 cm³/mol. The molecule has 1 aromatic rings. The molecule has 15 heavy (non-hydrogen) atoms. The Hall–Kier alpha value is -0.730. The fourth-order valence-corrected chi connectivity index (χ4v) is 3.02. The maximum Gasteiger partial charge on any atom is 0.244 e. The second-order valence-corrected chi connectivity index (χ2v) is 5.10. The van der Waals surface area contributed by atoms with Crippen LogP contribution in [-0.4, -0.2) is 15.0 Å². The summed E-state index contributed by atoms with van der Waals surface area (Å²) in [5.74, 6) is 2.16. The maximum absolute atomic E-state index is 11.7. The highest BCUT2D eigenvalue weighted by Gasteiger charge is 2.20. The molecular formula is C9H7Cl2NO2S. The average Bonchev–Trinajstić information content (AvgIpc) is 2.14. The zero-order valence-corrected chi connectivity index (χ0v) is 9.83. The van der Waals surface area contributed by atoms with Crippen LogP contribution in [0.4, 0.5) is 0 Å². The lowest BCUT2D eigenvalue weighted by Gasteiger charge is -2.07. The first-order valence-electron chi connectivity index (χ1n) is 3.86. The number of halogens is 2. The smallest absolute Gasteiger partial charge is 0.207 e. The molecule has 0 spiro atoms. The van der Waals surface area contributed by atoms with Crippen molar-refractivity contribution in [3.05, 3.63) is 28.2 Å². The molecule has 0 saturated carbocycles. The summed E-state index contributed by atoms with van der Waals surface area (Å²) >= 11 is 11.5. The molecule has 1 aromatic carbocycles. The second kappa shape index (κ2) is 4.86. The lowest BCUT2D eigenvalue weighted by Crippen LogP contribution is -2.24. The van der Waals surface area contributed by atoms with Gasteiger partial charge in [-0.25, -0.2) is 8.42 Å². The van der Waals surface area contributed by atoms with Crippen molar-refractivity contribution < 1.29 is 8.42 Å². The Labute approximate surface area is 98.4 Å². The third kappa shape index (κ3) is 2.86. The van der Waals surface area contributed by atoms with E-state index in [2.05, 4.69) is 10.6 Å². The quantitative estimate of drug-likeness (QED) is 0.847. The summed E-state index contributed by atoms with van der Waals surface area (Å²) in [4.78, 5) is -0.149. The molecule has 0 amide bonds. The molecule has 0 aliphatic heterocycles. The first kappa shape index (κ1) is 12.3. The SMILES string of the molecule is C#CCNS(=O)(=O)c1c(Cl)cccc1Cl. The van der Waals surface area contributed by atoms with Gasteiger partial charge in [0.25, 0.3) is 0 Å². The summed E-state index contributed by atoms with van der Waals surface area (Å²) in [6.07, 6.45) is 4.95. The van der Waals surface area contributed by atoms with Gasteiger partial charge in [-0.05, 0) is 12.1 Å². The van der Waals surface area contributed by atoms with Crippen LogP contribution in [0, 0.1) is 12.3 Å². The molecule has 3 nitrogen and oxygen atoms in total. The van der Waals surface area contributed by atoms with Crippen molar-refractivity contribution in [1.82, 2.24) is 4.72 Å². The van der Waals surface area contributed by atoms with Gasteiger partial charge in [0.1, 0.15) is 4.90 Å².